The lowest BCUT2D eigenvalue weighted by Crippen LogP contribution is -2.23. The van der Waals surface area contributed by atoms with Crippen molar-refractivity contribution in [2.45, 2.75) is 66.2 Å². The van der Waals surface area contributed by atoms with E-state index in [1.54, 1.807) is 0 Å². The molecule has 1 aliphatic carbocycles. The molecule has 2 aromatic heterocycles. The number of aromatic nitrogens is 2. The Morgan fingerprint density at radius 2 is 1.89 bits per heavy atom. The summed E-state index contributed by atoms with van der Waals surface area (Å²) in [5, 5.41) is 11.3. The molecular weight excluding hydrogens is 466 g/mol. The van der Waals surface area contributed by atoms with Crippen LogP contribution >= 0.6 is 0 Å². The van der Waals surface area contributed by atoms with Crippen LogP contribution in [0.2, 0.25) is 0 Å². The molecule has 0 radical (unpaired) electrons. The maximum absolute atomic E-state index is 7.79. The van der Waals surface area contributed by atoms with Crippen molar-refractivity contribution < 1.29 is 0 Å². The van der Waals surface area contributed by atoms with E-state index in [2.05, 4.69) is 78.7 Å². The lowest BCUT2D eigenvalue weighted by molar-refractivity contribution is 0.494. The molecule has 2 N–H and O–H groups in total. The zero-order valence-corrected chi connectivity index (χ0v) is 23.5. The van der Waals surface area contributed by atoms with Crippen LogP contribution in [0.15, 0.2) is 65.8 Å². The average Bonchev–Trinajstić information content (AvgIpc) is 3.51. The highest BCUT2D eigenvalue weighted by Gasteiger charge is 2.41. The van der Waals surface area contributed by atoms with Crippen LogP contribution in [0.5, 0.6) is 0 Å². The standard InChI is InChI=1S/C33H43N5/c1-5-30-10-8-24(17-35-30)12-26-13-28-20-38(21-29(28)14-26)32-11-9-27(19-36-32)31-15-25(7-6-22(2)3)18-37-33(31)23(4)16-34/h8-11,15-19,22,26,28-29,34,37H,5-7,12-14,20-21H2,1-4H3/b33-23-,34-16?. The summed E-state index contributed by atoms with van der Waals surface area (Å²) in [5.74, 6) is 4.09. The van der Waals surface area contributed by atoms with Gasteiger partial charge in [0.05, 0.1) is 5.70 Å². The number of nitrogens with one attached hydrogen (secondary N) is 2. The van der Waals surface area contributed by atoms with Gasteiger partial charge in [-0.15, -0.1) is 0 Å². The summed E-state index contributed by atoms with van der Waals surface area (Å²) in [6.45, 7) is 10.9. The van der Waals surface area contributed by atoms with Crippen molar-refractivity contribution in [3.63, 3.8) is 0 Å². The molecule has 2 fully saturated rings. The number of pyridine rings is 2. The van der Waals surface area contributed by atoms with Gasteiger partial charge in [-0.25, -0.2) is 4.98 Å². The number of anilines is 1. The van der Waals surface area contributed by atoms with E-state index < -0.39 is 0 Å². The Labute approximate surface area is 228 Å². The fourth-order valence-electron chi connectivity index (χ4n) is 6.40. The molecule has 5 heteroatoms. The molecule has 3 aliphatic rings. The average molecular weight is 510 g/mol. The van der Waals surface area contributed by atoms with Gasteiger partial charge in [0.1, 0.15) is 5.82 Å². The first kappa shape index (κ1) is 26.4. The minimum atomic E-state index is 0.675. The lowest BCUT2D eigenvalue weighted by atomic mass is 9.93. The van der Waals surface area contributed by atoms with Crippen LogP contribution in [0.1, 0.15) is 70.2 Å². The Morgan fingerprint density at radius 3 is 2.50 bits per heavy atom. The van der Waals surface area contributed by atoms with Crippen LogP contribution in [0.3, 0.4) is 0 Å². The van der Waals surface area contributed by atoms with E-state index in [9.17, 15) is 0 Å². The van der Waals surface area contributed by atoms with Gasteiger partial charge in [-0.1, -0.05) is 26.8 Å². The van der Waals surface area contributed by atoms with Crippen LogP contribution in [-0.4, -0.2) is 29.3 Å². The number of aryl methyl sites for hydroxylation is 1. The first-order valence-electron chi connectivity index (χ1n) is 14.5. The molecule has 1 saturated carbocycles. The third-order valence-corrected chi connectivity index (χ3v) is 8.63. The number of rotatable bonds is 9. The minimum Gasteiger partial charge on any atom is -0.361 e. The molecule has 2 aliphatic heterocycles. The van der Waals surface area contributed by atoms with E-state index in [0.29, 0.717) is 5.92 Å². The van der Waals surface area contributed by atoms with Crippen LogP contribution in [-0.2, 0) is 12.8 Å². The number of hydrogen-bond donors (Lipinski definition) is 2. The van der Waals surface area contributed by atoms with Crippen molar-refractivity contribution in [2.75, 3.05) is 18.0 Å². The van der Waals surface area contributed by atoms with Gasteiger partial charge in [0.15, 0.2) is 0 Å². The number of dihydropyridines is 1. The van der Waals surface area contributed by atoms with Gasteiger partial charge in [0, 0.05) is 54.7 Å². The molecule has 2 aromatic rings. The fourth-order valence-corrected chi connectivity index (χ4v) is 6.40. The first-order chi connectivity index (χ1) is 18.4. The molecule has 0 aromatic carbocycles. The summed E-state index contributed by atoms with van der Waals surface area (Å²) < 4.78 is 0. The molecule has 0 bridgehead atoms. The summed E-state index contributed by atoms with van der Waals surface area (Å²) >= 11 is 0. The highest BCUT2D eigenvalue weighted by molar-refractivity contribution is 5.89. The van der Waals surface area contributed by atoms with Gasteiger partial charge in [-0.2, -0.15) is 0 Å². The number of nitrogens with zero attached hydrogens (tertiary/aromatic N) is 3. The van der Waals surface area contributed by atoms with Gasteiger partial charge in [-0.3, -0.25) is 4.98 Å². The molecular formula is C33H43N5. The van der Waals surface area contributed by atoms with Gasteiger partial charge >= 0.3 is 0 Å². The molecule has 0 amide bonds. The summed E-state index contributed by atoms with van der Waals surface area (Å²) in [6, 6.07) is 8.87. The highest BCUT2D eigenvalue weighted by Crippen LogP contribution is 2.44. The fraction of sp³-hybridized carbons (Fsp3) is 0.485. The molecule has 2 atom stereocenters. The molecule has 38 heavy (non-hydrogen) atoms. The van der Waals surface area contributed by atoms with E-state index in [-0.39, 0.29) is 0 Å². The van der Waals surface area contributed by atoms with Gasteiger partial charge in [0.25, 0.3) is 0 Å². The largest absolute Gasteiger partial charge is 0.361 e. The molecule has 2 unspecified atom stereocenters. The Morgan fingerprint density at radius 1 is 1.11 bits per heavy atom. The normalized spacial score (nSPS) is 24.1. The Hall–Kier alpha value is -3.21. The quantitative estimate of drug-likeness (QED) is 0.358. The molecule has 5 nitrogen and oxygen atoms in total. The number of fused-ring (bicyclic) bond motifs is 1. The zero-order valence-electron chi connectivity index (χ0n) is 23.5. The van der Waals surface area contributed by atoms with Crippen LogP contribution in [0.25, 0.3) is 5.57 Å². The van der Waals surface area contributed by atoms with E-state index >= 15 is 0 Å². The van der Waals surface area contributed by atoms with E-state index in [1.807, 2.05) is 13.1 Å². The van der Waals surface area contributed by atoms with Gasteiger partial charge < -0.3 is 15.6 Å². The van der Waals surface area contributed by atoms with Gasteiger partial charge in [-0.05, 0) is 110 Å². The number of hydrogen-bond acceptors (Lipinski definition) is 5. The van der Waals surface area contributed by atoms with Crippen molar-refractivity contribution in [1.82, 2.24) is 15.3 Å². The topological polar surface area (TPSA) is 64.9 Å². The SMILES string of the molecule is CCc1ccc(CC2CC3CN(c4ccc(C5=CC(CCC(C)C)=CN/C5=C(/C)C=N)cn4)CC3C2)cn1. The molecule has 0 spiro atoms. The second-order valence-electron chi connectivity index (χ2n) is 11.9. The maximum Gasteiger partial charge on any atom is 0.128 e. The Kier molecular flexibility index (Phi) is 8.11. The second-order valence-corrected chi connectivity index (χ2v) is 11.9. The summed E-state index contributed by atoms with van der Waals surface area (Å²) in [4.78, 5) is 12.0. The third kappa shape index (κ3) is 5.92. The summed E-state index contributed by atoms with van der Waals surface area (Å²) in [7, 11) is 0. The molecule has 4 heterocycles. The predicted molar refractivity (Wildman–Crippen MR) is 158 cm³/mol. The Bertz CT molecular complexity index is 1210. The summed E-state index contributed by atoms with van der Waals surface area (Å²) in [6.07, 6.45) is 16.9. The monoisotopic (exact) mass is 509 g/mol. The second kappa shape index (κ2) is 11.7. The maximum atomic E-state index is 7.79. The highest BCUT2D eigenvalue weighted by atomic mass is 15.2. The third-order valence-electron chi connectivity index (χ3n) is 8.63. The van der Waals surface area contributed by atoms with E-state index in [1.165, 1.54) is 42.3 Å². The molecule has 5 rings (SSSR count). The predicted octanol–water partition coefficient (Wildman–Crippen LogP) is 6.97. The molecule has 200 valence electrons. The van der Waals surface area contributed by atoms with Crippen molar-refractivity contribution >= 4 is 17.6 Å². The lowest BCUT2D eigenvalue weighted by Gasteiger charge is -2.23. The van der Waals surface area contributed by atoms with Crippen molar-refractivity contribution in [1.29, 1.82) is 5.41 Å². The Balaban J connectivity index is 1.23. The zero-order chi connectivity index (χ0) is 26.6. The van der Waals surface area contributed by atoms with Crippen LogP contribution < -0.4 is 10.2 Å². The summed E-state index contributed by atoms with van der Waals surface area (Å²) in [5.41, 5.74) is 8.05. The van der Waals surface area contributed by atoms with Crippen molar-refractivity contribution in [2.24, 2.45) is 23.7 Å². The molecule has 1 saturated heterocycles. The van der Waals surface area contributed by atoms with Crippen LogP contribution in [0, 0.1) is 29.1 Å². The minimum absolute atomic E-state index is 0.675. The van der Waals surface area contributed by atoms with Crippen LogP contribution in [0.4, 0.5) is 5.82 Å². The van der Waals surface area contributed by atoms with Crippen molar-refractivity contribution in [3.8, 4) is 0 Å². The number of allylic oxidation sites excluding steroid dienone is 4. The van der Waals surface area contributed by atoms with E-state index in [4.69, 9.17) is 10.4 Å². The van der Waals surface area contributed by atoms with Gasteiger partial charge in [0.2, 0.25) is 0 Å². The van der Waals surface area contributed by atoms with E-state index in [0.717, 1.165) is 78.3 Å². The van der Waals surface area contributed by atoms with Crippen molar-refractivity contribution in [3.05, 3.63) is 82.6 Å². The first-order valence-corrected chi connectivity index (χ1v) is 14.5. The smallest absolute Gasteiger partial charge is 0.128 e.